The first-order valence-electron chi connectivity index (χ1n) is 18.9. The van der Waals surface area contributed by atoms with Gasteiger partial charge < -0.3 is 4.74 Å². The Morgan fingerprint density at radius 1 is 0.293 bits per heavy atom. The van der Waals surface area contributed by atoms with Gasteiger partial charge in [0.15, 0.2) is 0 Å². The van der Waals surface area contributed by atoms with Gasteiger partial charge in [0.25, 0.3) is 0 Å². The zero-order valence-corrected chi connectivity index (χ0v) is 28.3. The summed E-state index contributed by atoms with van der Waals surface area (Å²) in [6.45, 7) is 4.55. The average molecular weight is 579 g/mol. The lowest BCUT2D eigenvalue weighted by molar-refractivity contribution is -0.159. The van der Waals surface area contributed by atoms with Crippen molar-refractivity contribution in [3.05, 3.63) is 0 Å². The molecule has 0 aromatic rings. The van der Waals surface area contributed by atoms with Gasteiger partial charge in [-0.3, -0.25) is 9.59 Å². The van der Waals surface area contributed by atoms with E-state index in [-0.39, 0.29) is 11.9 Å². The molecule has 0 spiro atoms. The summed E-state index contributed by atoms with van der Waals surface area (Å²) < 4.78 is 5.01. The molecule has 0 aromatic heterocycles. The van der Waals surface area contributed by atoms with Crippen LogP contribution in [0.15, 0.2) is 0 Å². The van der Waals surface area contributed by atoms with Crippen molar-refractivity contribution < 1.29 is 14.3 Å². The highest BCUT2D eigenvalue weighted by molar-refractivity contribution is 5.85. The Morgan fingerprint density at radius 2 is 0.463 bits per heavy atom. The zero-order chi connectivity index (χ0) is 29.9. The van der Waals surface area contributed by atoms with Crippen molar-refractivity contribution in [2.75, 3.05) is 0 Å². The van der Waals surface area contributed by atoms with Gasteiger partial charge in [-0.25, -0.2) is 0 Å². The summed E-state index contributed by atoms with van der Waals surface area (Å²) >= 11 is 0. The Morgan fingerprint density at radius 3 is 0.659 bits per heavy atom. The topological polar surface area (TPSA) is 43.4 Å². The molecule has 0 aliphatic rings. The van der Waals surface area contributed by atoms with Crippen molar-refractivity contribution in [3.8, 4) is 0 Å². The summed E-state index contributed by atoms with van der Waals surface area (Å²) in [5, 5.41) is 0. The largest absolute Gasteiger partial charge is 0.393 e. The number of esters is 2. The quantitative estimate of drug-likeness (QED) is 0.0433. The van der Waals surface area contributed by atoms with Gasteiger partial charge in [-0.15, -0.1) is 0 Å². The second-order valence-electron chi connectivity index (χ2n) is 13.0. The number of carbonyl (C=O) groups excluding carboxylic acids is 2. The van der Waals surface area contributed by atoms with Crippen molar-refractivity contribution in [1.29, 1.82) is 0 Å². The molecule has 0 rings (SSSR count). The molecular weight excluding hydrogens is 504 g/mol. The van der Waals surface area contributed by atoms with Gasteiger partial charge in [0.1, 0.15) is 0 Å². The van der Waals surface area contributed by atoms with E-state index in [1.807, 2.05) is 0 Å². The molecule has 0 aromatic carbocycles. The number of carbonyl (C=O) groups is 2. The fraction of sp³-hybridized carbons (Fsp3) is 0.947. The molecule has 3 heteroatoms. The van der Waals surface area contributed by atoms with Crippen molar-refractivity contribution in [2.45, 2.75) is 232 Å². The zero-order valence-electron chi connectivity index (χ0n) is 28.3. The molecule has 0 saturated carbocycles. The van der Waals surface area contributed by atoms with Crippen molar-refractivity contribution >= 4 is 11.9 Å². The summed E-state index contributed by atoms with van der Waals surface area (Å²) in [4.78, 5) is 23.8. The number of hydrogen-bond acceptors (Lipinski definition) is 3. The van der Waals surface area contributed by atoms with Gasteiger partial charge in [0.05, 0.1) is 0 Å². The van der Waals surface area contributed by atoms with Crippen LogP contribution in [0.4, 0.5) is 0 Å². The van der Waals surface area contributed by atoms with E-state index in [9.17, 15) is 9.59 Å². The van der Waals surface area contributed by atoms with E-state index in [1.165, 1.54) is 180 Å². The SMILES string of the molecule is CCCCCCCCCCCCCCCCCCCCCCCC(=O)OC(=O)CCCCCCCCCCCCC. The van der Waals surface area contributed by atoms with Crippen LogP contribution in [0.25, 0.3) is 0 Å². The molecule has 0 N–H and O–H groups in total. The van der Waals surface area contributed by atoms with E-state index in [1.54, 1.807) is 0 Å². The van der Waals surface area contributed by atoms with Crippen molar-refractivity contribution in [3.63, 3.8) is 0 Å². The molecule has 0 saturated heterocycles. The first-order chi connectivity index (χ1) is 20.2. The molecule has 0 aliphatic carbocycles. The molecule has 3 nitrogen and oxygen atoms in total. The van der Waals surface area contributed by atoms with Crippen LogP contribution >= 0.6 is 0 Å². The maximum atomic E-state index is 11.9. The third-order valence-electron chi connectivity index (χ3n) is 8.70. The van der Waals surface area contributed by atoms with Gasteiger partial charge in [0.2, 0.25) is 0 Å². The number of ether oxygens (including phenoxy) is 1. The summed E-state index contributed by atoms with van der Waals surface area (Å²) in [7, 11) is 0. The van der Waals surface area contributed by atoms with Crippen LogP contribution in [-0.4, -0.2) is 11.9 Å². The maximum absolute atomic E-state index is 11.9. The Kier molecular flexibility index (Phi) is 34.6. The van der Waals surface area contributed by atoms with Crippen molar-refractivity contribution in [2.24, 2.45) is 0 Å². The summed E-state index contributed by atoms with van der Waals surface area (Å²) in [6.07, 6.45) is 43.1. The second kappa shape index (κ2) is 35.3. The highest BCUT2D eigenvalue weighted by atomic mass is 16.6. The second-order valence-corrected chi connectivity index (χ2v) is 13.0. The Bertz CT molecular complexity index is 530. The maximum Gasteiger partial charge on any atom is 0.313 e. The first kappa shape index (κ1) is 40.1. The normalized spacial score (nSPS) is 11.3. The van der Waals surface area contributed by atoms with Gasteiger partial charge in [-0.1, -0.05) is 206 Å². The Balaban J connectivity index is 3.24. The van der Waals surface area contributed by atoms with E-state index >= 15 is 0 Å². The lowest BCUT2D eigenvalue weighted by atomic mass is 10.0. The van der Waals surface area contributed by atoms with E-state index < -0.39 is 0 Å². The first-order valence-corrected chi connectivity index (χ1v) is 18.9. The number of rotatable bonds is 34. The summed E-state index contributed by atoms with van der Waals surface area (Å²) in [5.41, 5.74) is 0. The molecule has 244 valence electrons. The number of unbranched alkanes of at least 4 members (excludes halogenated alkanes) is 30. The fourth-order valence-corrected chi connectivity index (χ4v) is 5.86. The standard InChI is InChI=1S/C38H74O3/c1-3-5-7-9-11-13-15-16-17-18-19-20-21-22-23-24-26-28-30-32-34-36-38(40)41-37(39)35-33-31-29-27-25-14-12-10-8-6-4-2/h3-36H2,1-2H3. The minimum absolute atomic E-state index is 0.323. The Labute approximate surface area is 258 Å². The Hall–Kier alpha value is -0.860. The van der Waals surface area contributed by atoms with Crippen LogP contribution in [0.3, 0.4) is 0 Å². The van der Waals surface area contributed by atoms with Crippen LogP contribution in [0, 0.1) is 0 Å². The van der Waals surface area contributed by atoms with Crippen LogP contribution in [0.2, 0.25) is 0 Å². The molecule has 0 radical (unpaired) electrons. The van der Waals surface area contributed by atoms with Gasteiger partial charge >= 0.3 is 11.9 Å². The van der Waals surface area contributed by atoms with Gasteiger partial charge in [-0.05, 0) is 12.8 Å². The molecular formula is C38H74O3. The number of hydrogen-bond donors (Lipinski definition) is 0. The summed E-state index contributed by atoms with van der Waals surface area (Å²) in [6, 6.07) is 0. The van der Waals surface area contributed by atoms with E-state index in [2.05, 4.69) is 13.8 Å². The molecule has 0 unspecified atom stereocenters. The minimum atomic E-state index is -0.325. The molecule has 0 bridgehead atoms. The van der Waals surface area contributed by atoms with E-state index in [4.69, 9.17) is 4.74 Å². The minimum Gasteiger partial charge on any atom is -0.393 e. The lowest BCUT2D eigenvalue weighted by Crippen LogP contribution is -2.11. The fourth-order valence-electron chi connectivity index (χ4n) is 5.86. The smallest absolute Gasteiger partial charge is 0.313 e. The molecule has 0 aliphatic heterocycles. The van der Waals surface area contributed by atoms with E-state index in [0.29, 0.717) is 12.8 Å². The summed E-state index contributed by atoms with van der Waals surface area (Å²) in [5.74, 6) is -0.648. The molecule has 0 heterocycles. The molecule has 0 amide bonds. The molecule has 0 fully saturated rings. The predicted molar refractivity (Wildman–Crippen MR) is 179 cm³/mol. The lowest BCUT2D eigenvalue weighted by Gasteiger charge is -2.05. The van der Waals surface area contributed by atoms with Crippen LogP contribution in [0.5, 0.6) is 0 Å². The van der Waals surface area contributed by atoms with Crippen LogP contribution in [0.1, 0.15) is 232 Å². The molecule has 41 heavy (non-hydrogen) atoms. The third-order valence-corrected chi connectivity index (χ3v) is 8.70. The monoisotopic (exact) mass is 579 g/mol. The average Bonchev–Trinajstić information content (AvgIpc) is 2.96. The van der Waals surface area contributed by atoms with E-state index in [0.717, 1.165) is 25.7 Å². The third kappa shape index (κ3) is 35.2. The predicted octanol–water partition coefficient (Wildman–Crippen LogP) is 13.4. The van der Waals surface area contributed by atoms with Gasteiger partial charge in [0, 0.05) is 12.8 Å². The van der Waals surface area contributed by atoms with Crippen LogP contribution in [-0.2, 0) is 14.3 Å². The van der Waals surface area contributed by atoms with Crippen molar-refractivity contribution in [1.82, 2.24) is 0 Å². The van der Waals surface area contributed by atoms with Crippen LogP contribution < -0.4 is 0 Å². The molecule has 0 atom stereocenters. The highest BCUT2D eigenvalue weighted by Crippen LogP contribution is 2.16. The van der Waals surface area contributed by atoms with Gasteiger partial charge in [-0.2, -0.15) is 0 Å². The highest BCUT2D eigenvalue weighted by Gasteiger charge is 2.10.